The molecule has 0 aliphatic carbocycles. The van der Waals surface area contributed by atoms with E-state index in [0.717, 1.165) is 5.56 Å². The van der Waals surface area contributed by atoms with Gasteiger partial charge in [-0.2, -0.15) is 11.8 Å². The fraction of sp³-hybridized carbons (Fsp3) is 0.500. The lowest BCUT2D eigenvalue weighted by Crippen LogP contribution is -2.55. The molecule has 2 rings (SSSR count). The lowest BCUT2D eigenvalue weighted by molar-refractivity contribution is -0.143. The summed E-state index contributed by atoms with van der Waals surface area (Å²) in [6.07, 6.45) is 2.29. The molecule has 3 amide bonds. The second-order valence-electron chi connectivity index (χ2n) is 10.5. The van der Waals surface area contributed by atoms with Crippen molar-refractivity contribution in [2.75, 3.05) is 24.4 Å². The lowest BCUT2D eigenvalue weighted by Gasteiger charge is -2.38. The van der Waals surface area contributed by atoms with E-state index in [0.29, 0.717) is 35.6 Å². The Bertz CT molecular complexity index is 1080. The summed E-state index contributed by atoms with van der Waals surface area (Å²) in [6, 6.07) is 12.5. The zero-order valence-electron chi connectivity index (χ0n) is 24.4. The van der Waals surface area contributed by atoms with E-state index in [2.05, 4.69) is 10.6 Å². The zero-order chi connectivity index (χ0) is 29.2. The molecule has 39 heavy (non-hydrogen) atoms. The number of carbonyl (C=O) groups is 3. The smallest absolute Gasteiger partial charge is 0.408 e. The van der Waals surface area contributed by atoms with Gasteiger partial charge in [-0.15, -0.1) is 0 Å². The number of nitrogens with one attached hydrogen (secondary N) is 2. The van der Waals surface area contributed by atoms with Gasteiger partial charge in [-0.05, 0) is 89.3 Å². The van der Waals surface area contributed by atoms with Crippen LogP contribution >= 0.6 is 11.8 Å². The molecular formula is C30H43N3O5S. The Labute approximate surface area is 237 Å². The summed E-state index contributed by atoms with van der Waals surface area (Å²) in [5, 5.41) is 5.74. The molecule has 0 aliphatic rings. The van der Waals surface area contributed by atoms with Crippen LogP contribution in [0, 0.1) is 6.92 Å². The van der Waals surface area contributed by atoms with Crippen LogP contribution in [0.25, 0.3) is 0 Å². The van der Waals surface area contributed by atoms with E-state index in [-0.39, 0.29) is 17.9 Å². The molecule has 0 fully saturated rings. The molecule has 2 aromatic carbocycles. The van der Waals surface area contributed by atoms with E-state index >= 15 is 0 Å². The average Bonchev–Trinajstić information content (AvgIpc) is 2.88. The molecule has 0 bridgehead atoms. The number of hydrogen-bond acceptors (Lipinski definition) is 6. The van der Waals surface area contributed by atoms with Gasteiger partial charge in [0.1, 0.15) is 23.4 Å². The van der Waals surface area contributed by atoms with Crippen LogP contribution in [0.3, 0.4) is 0 Å². The van der Waals surface area contributed by atoms with Crippen molar-refractivity contribution in [3.05, 3.63) is 59.7 Å². The first-order valence-corrected chi connectivity index (χ1v) is 14.6. The van der Waals surface area contributed by atoms with Gasteiger partial charge in [-0.3, -0.25) is 9.59 Å². The maximum absolute atomic E-state index is 14.2. The summed E-state index contributed by atoms with van der Waals surface area (Å²) in [6.45, 7) is 11.2. The zero-order valence-corrected chi connectivity index (χ0v) is 25.2. The molecule has 0 spiro atoms. The number of carbonyl (C=O) groups excluding carboxylic acids is 3. The fourth-order valence-electron chi connectivity index (χ4n) is 3.99. The standard InChI is InChI=1S/C30H43N3O5S/c1-9-21(3)33(28(35)25(18-19-39-8)32-29(36)38-30(4,5)6)26(22-12-10-20(2)11-13-22)27(34)31-23-14-16-24(37-7)17-15-23/h10-17,21,25-26H,9,18-19H2,1-8H3,(H,31,34)(H,32,36). The molecule has 0 radical (unpaired) electrons. The van der Waals surface area contributed by atoms with Crippen LogP contribution in [0.15, 0.2) is 48.5 Å². The Morgan fingerprint density at radius 3 is 2.15 bits per heavy atom. The molecule has 3 unspecified atom stereocenters. The summed E-state index contributed by atoms with van der Waals surface area (Å²) in [7, 11) is 1.58. The van der Waals surface area contributed by atoms with Gasteiger partial charge in [-0.25, -0.2) is 4.79 Å². The molecule has 0 heterocycles. The van der Waals surface area contributed by atoms with E-state index in [1.165, 1.54) is 0 Å². The molecule has 2 N–H and O–H groups in total. The van der Waals surface area contributed by atoms with Crippen LogP contribution < -0.4 is 15.4 Å². The quantitative estimate of drug-likeness (QED) is 0.334. The molecule has 0 aliphatic heterocycles. The van der Waals surface area contributed by atoms with Crippen molar-refractivity contribution in [3.8, 4) is 5.75 Å². The topological polar surface area (TPSA) is 97.0 Å². The Morgan fingerprint density at radius 1 is 1.03 bits per heavy atom. The van der Waals surface area contributed by atoms with Gasteiger partial charge >= 0.3 is 6.09 Å². The van der Waals surface area contributed by atoms with Crippen LogP contribution in [-0.4, -0.2) is 59.6 Å². The summed E-state index contributed by atoms with van der Waals surface area (Å²) in [4.78, 5) is 42.4. The normalized spacial score (nSPS) is 13.5. The van der Waals surface area contributed by atoms with E-state index in [4.69, 9.17) is 9.47 Å². The minimum Gasteiger partial charge on any atom is -0.497 e. The Kier molecular flexibility index (Phi) is 12.2. The summed E-state index contributed by atoms with van der Waals surface area (Å²) >= 11 is 1.58. The van der Waals surface area contributed by atoms with Gasteiger partial charge in [-0.1, -0.05) is 36.8 Å². The first-order valence-electron chi connectivity index (χ1n) is 13.2. The highest BCUT2D eigenvalue weighted by atomic mass is 32.2. The largest absolute Gasteiger partial charge is 0.497 e. The second-order valence-corrected chi connectivity index (χ2v) is 11.5. The third kappa shape index (κ3) is 9.80. The predicted octanol–water partition coefficient (Wildman–Crippen LogP) is 5.96. The van der Waals surface area contributed by atoms with E-state index < -0.39 is 23.8 Å². The Morgan fingerprint density at radius 2 is 1.64 bits per heavy atom. The Balaban J connectivity index is 2.51. The van der Waals surface area contributed by atoms with Crippen molar-refractivity contribution in [2.24, 2.45) is 0 Å². The van der Waals surface area contributed by atoms with Gasteiger partial charge in [0.2, 0.25) is 5.91 Å². The van der Waals surface area contributed by atoms with Crippen molar-refractivity contribution < 1.29 is 23.9 Å². The Hall–Kier alpha value is -3.20. The van der Waals surface area contributed by atoms with Crippen LogP contribution in [0.4, 0.5) is 10.5 Å². The molecule has 2 aromatic rings. The molecule has 0 aromatic heterocycles. The molecule has 214 valence electrons. The monoisotopic (exact) mass is 557 g/mol. The molecule has 0 saturated heterocycles. The van der Waals surface area contributed by atoms with Crippen molar-refractivity contribution >= 4 is 35.4 Å². The van der Waals surface area contributed by atoms with Crippen LogP contribution in [0.5, 0.6) is 5.75 Å². The van der Waals surface area contributed by atoms with Gasteiger partial charge in [0.15, 0.2) is 0 Å². The highest BCUT2D eigenvalue weighted by Gasteiger charge is 2.38. The van der Waals surface area contributed by atoms with Crippen molar-refractivity contribution in [1.29, 1.82) is 0 Å². The lowest BCUT2D eigenvalue weighted by atomic mass is 9.98. The summed E-state index contributed by atoms with van der Waals surface area (Å²) in [5.74, 6) is 0.635. The van der Waals surface area contributed by atoms with Crippen molar-refractivity contribution in [1.82, 2.24) is 10.2 Å². The number of anilines is 1. The number of benzene rings is 2. The van der Waals surface area contributed by atoms with Gasteiger partial charge < -0.3 is 25.0 Å². The number of aryl methyl sites for hydroxylation is 1. The van der Waals surface area contributed by atoms with E-state index in [9.17, 15) is 14.4 Å². The van der Waals surface area contributed by atoms with Gasteiger partial charge in [0, 0.05) is 11.7 Å². The first-order chi connectivity index (χ1) is 18.4. The molecule has 8 nitrogen and oxygen atoms in total. The van der Waals surface area contributed by atoms with Crippen molar-refractivity contribution in [2.45, 2.75) is 78.1 Å². The fourth-order valence-corrected chi connectivity index (χ4v) is 4.46. The first kappa shape index (κ1) is 32.0. The van der Waals surface area contributed by atoms with Crippen molar-refractivity contribution in [3.63, 3.8) is 0 Å². The number of rotatable bonds is 12. The van der Waals surface area contributed by atoms with Crippen LogP contribution in [-0.2, 0) is 14.3 Å². The van der Waals surface area contributed by atoms with Gasteiger partial charge in [0.05, 0.1) is 7.11 Å². The van der Waals surface area contributed by atoms with Crippen LogP contribution in [0.2, 0.25) is 0 Å². The third-order valence-electron chi connectivity index (χ3n) is 6.20. The number of methoxy groups -OCH3 is 1. The molecule has 0 saturated carbocycles. The van der Waals surface area contributed by atoms with Crippen LogP contribution in [0.1, 0.15) is 64.6 Å². The number of nitrogens with zero attached hydrogens (tertiary/aromatic N) is 1. The van der Waals surface area contributed by atoms with E-state index in [1.54, 1.807) is 68.8 Å². The maximum atomic E-state index is 14.2. The SMILES string of the molecule is CCC(C)N(C(=O)C(CCSC)NC(=O)OC(C)(C)C)C(C(=O)Nc1ccc(OC)cc1)c1ccc(C)cc1. The molecule has 9 heteroatoms. The highest BCUT2D eigenvalue weighted by molar-refractivity contribution is 7.98. The number of ether oxygens (including phenoxy) is 2. The third-order valence-corrected chi connectivity index (χ3v) is 6.84. The number of hydrogen-bond donors (Lipinski definition) is 2. The number of amides is 3. The van der Waals surface area contributed by atoms with E-state index in [1.807, 2.05) is 51.3 Å². The van der Waals surface area contributed by atoms with Gasteiger partial charge in [0.25, 0.3) is 5.91 Å². The summed E-state index contributed by atoms with van der Waals surface area (Å²) < 4.78 is 10.7. The maximum Gasteiger partial charge on any atom is 0.408 e. The highest BCUT2D eigenvalue weighted by Crippen LogP contribution is 2.29. The number of thioether (sulfide) groups is 1. The number of alkyl carbamates (subject to hydrolysis) is 1. The molecule has 3 atom stereocenters. The predicted molar refractivity (Wildman–Crippen MR) is 158 cm³/mol. The molecular weight excluding hydrogens is 514 g/mol. The minimum atomic E-state index is -0.924. The summed E-state index contributed by atoms with van der Waals surface area (Å²) in [5.41, 5.74) is 1.59. The second kappa shape index (κ2) is 14.8. The average molecular weight is 558 g/mol. The minimum absolute atomic E-state index is 0.289.